The van der Waals surface area contributed by atoms with Gasteiger partial charge in [0.05, 0.1) is 6.61 Å². The summed E-state index contributed by atoms with van der Waals surface area (Å²) in [6.45, 7) is 4.16. The van der Waals surface area contributed by atoms with E-state index in [1.165, 1.54) is 0 Å². The highest BCUT2D eigenvalue weighted by atomic mass is 35.5. The molecular weight excluding hydrogens is 279 g/mol. The molecule has 0 aliphatic rings. The van der Waals surface area contributed by atoms with Crippen LogP contribution in [-0.4, -0.2) is 36.4 Å². The summed E-state index contributed by atoms with van der Waals surface area (Å²) in [4.78, 5) is 22.2. The molecule has 0 aliphatic heterocycles. The molecule has 0 N–H and O–H groups in total. The Labute approximate surface area is 118 Å². The molecule has 0 aromatic heterocycles. The molecule has 0 aliphatic carbocycles. The van der Waals surface area contributed by atoms with E-state index in [-0.39, 0.29) is 30.4 Å². The summed E-state index contributed by atoms with van der Waals surface area (Å²) in [6, 6.07) is 0. The van der Waals surface area contributed by atoms with Gasteiger partial charge in [-0.25, -0.2) is 0 Å². The van der Waals surface area contributed by atoms with Crippen molar-refractivity contribution < 1.29 is 19.1 Å². The second-order valence-electron chi connectivity index (χ2n) is 3.94. The molecule has 6 heteroatoms. The van der Waals surface area contributed by atoms with Crippen LogP contribution < -0.4 is 0 Å². The van der Waals surface area contributed by atoms with E-state index in [1.807, 2.05) is 13.8 Å². The third-order valence-corrected chi connectivity index (χ3v) is 3.02. The van der Waals surface area contributed by atoms with Crippen molar-refractivity contribution >= 4 is 35.1 Å². The lowest BCUT2D eigenvalue weighted by molar-refractivity contribution is -0.153. The largest absolute Gasteiger partial charge is 0.464 e. The predicted octanol–water partition coefficient (Wildman–Crippen LogP) is 2.75. The van der Waals surface area contributed by atoms with Gasteiger partial charge in [-0.3, -0.25) is 9.59 Å². The fraction of sp³-hybridized carbons (Fsp3) is 0.833. The number of ether oxygens (including phenoxy) is 2. The van der Waals surface area contributed by atoms with Crippen molar-refractivity contribution in [3.05, 3.63) is 0 Å². The van der Waals surface area contributed by atoms with Gasteiger partial charge >= 0.3 is 11.9 Å². The van der Waals surface area contributed by atoms with Gasteiger partial charge in [-0.15, -0.1) is 23.2 Å². The predicted molar refractivity (Wildman–Crippen MR) is 71.0 cm³/mol. The van der Waals surface area contributed by atoms with E-state index >= 15 is 0 Å². The van der Waals surface area contributed by atoms with Gasteiger partial charge in [0.15, 0.2) is 0 Å². The van der Waals surface area contributed by atoms with Crippen molar-refractivity contribution in [2.24, 2.45) is 5.92 Å². The first-order valence-electron chi connectivity index (χ1n) is 6.05. The maximum atomic E-state index is 11.2. The quantitative estimate of drug-likeness (QED) is 0.485. The van der Waals surface area contributed by atoms with Crippen LogP contribution in [0.1, 0.15) is 33.1 Å². The van der Waals surface area contributed by atoms with Crippen molar-refractivity contribution in [3.63, 3.8) is 0 Å². The van der Waals surface area contributed by atoms with Crippen LogP contribution in [0.15, 0.2) is 0 Å². The van der Waals surface area contributed by atoms with Gasteiger partial charge < -0.3 is 9.47 Å². The van der Waals surface area contributed by atoms with Gasteiger partial charge in [0.2, 0.25) is 0 Å². The molecule has 18 heavy (non-hydrogen) atoms. The van der Waals surface area contributed by atoms with E-state index in [9.17, 15) is 9.59 Å². The van der Waals surface area contributed by atoms with Crippen LogP contribution in [-0.2, 0) is 19.1 Å². The summed E-state index contributed by atoms with van der Waals surface area (Å²) in [6.07, 6.45) is 2.07. The first-order chi connectivity index (χ1) is 8.58. The first-order valence-corrected chi connectivity index (χ1v) is 7.12. The topological polar surface area (TPSA) is 52.6 Å². The molecule has 0 aromatic rings. The molecule has 0 bridgehead atoms. The molecule has 0 amide bonds. The molecule has 0 radical (unpaired) electrons. The Morgan fingerprint density at radius 2 is 1.72 bits per heavy atom. The molecule has 0 spiro atoms. The molecule has 0 saturated heterocycles. The minimum absolute atomic E-state index is 0.0238. The van der Waals surface area contributed by atoms with Crippen molar-refractivity contribution in [2.45, 2.75) is 39.2 Å². The van der Waals surface area contributed by atoms with Gasteiger partial charge in [-0.2, -0.15) is 0 Å². The fourth-order valence-electron chi connectivity index (χ4n) is 1.60. The third-order valence-electron chi connectivity index (χ3n) is 2.58. The van der Waals surface area contributed by atoms with Gasteiger partial charge in [-0.1, -0.05) is 20.3 Å². The summed E-state index contributed by atoms with van der Waals surface area (Å²) < 4.78 is 10.3. The molecule has 0 aromatic carbocycles. The number of esters is 2. The van der Waals surface area contributed by atoms with Gasteiger partial charge in [0.25, 0.3) is 0 Å². The average molecular weight is 299 g/mol. The molecule has 0 fully saturated rings. The highest BCUT2D eigenvalue weighted by Crippen LogP contribution is 2.18. The normalized spacial score (nSPS) is 13.8. The van der Waals surface area contributed by atoms with E-state index in [1.54, 1.807) is 0 Å². The molecule has 106 valence electrons. The van der Waals surface area contributed by atoms with Crippen molar-refractivity contribution in [3.8, 4) is 0 Å². The monoisotopic (exact) mass is 298 g/mol. The standard InChI is InChI=1S/C12H20Cl2O4/c1-3-5-10(18-12(16)7-14)9(4-2)8-17-11(15)6-13/h9-10H,3-8H2,1-2H3. The summed E-state index contributed by atoms with van der Waals surface area (Å²) in [5.41, 5.74) is 0. The van der Waals surface area contributed by atoms with Gasteiger partial charge in [0, 0.05) is 5.92 Å². The summed E-state index contributed by atoms with van der Waals surface area (Å²) in [5, 5.41) is 0. The van der Waals surface area contributed by atoms with Crippen molar-refractivity contribution in [2.75, 3.05) is 18.4 Å². The number of hydrogen-bond donors (Lipinski definition) is 0. The molecule has 0 rings (SSSR count). The molecule has 2 atom stereocenters. The molecule has 0 saturated carbocycles. The summed E-state index contributed by atoms with van der Waals surface area (Å²) in [7, 11) is 0. The number of carbonyl (C=O) groups excluding carboxylic acids is 2. The summed E-state index contributed by atoms with van der Waals surface area (Å²) >= 11 is 10.8. The SMILES string of the molecule is CCCC(OC(=O)CCl)C(CC)COC(=O)CCl. The molecule has 0 heterocycles. The second-order valence-corrected chi connectivity index (χ2v) is 4.47. The second kappa shape index (κ2) is 10.4. The maximum Gasteiger partial charge on any atom is 0.321 e. The van der Waals surface area contributed by atoms with E-state index in [0.717, 1.165) is 19.3 Å². The number of alkyl halides is 2. The molecule has 4 nitrogen and oxygen atoms in total. The third kappa shape index (κ3) is 7.07. The zero-order valence-corrected chi connectivity index (χ0v) is 12.3. The highest BCUT2D eigenvalue weighted by Gasteiger charge is 2.24. The number of hydrogen-bond acceptors (Lipinski definition) is 4. The van der Waals surface area contributed by atoms with E-state index in [0.29, 0.717) is 0 Å². The Morgan fingerprint density at radius 1 is 1.11 bits per heavy atom. The zero-order chi connectivity index (χ0) is 14.0. The lowest BCUT2D eigenvalue weighted by Gasteiger charge is -2.25. The lowest BCUT2D eigenvalue weighted by Crippen LogP contribution is -2.31. The number of carbonyl (C=O) groups is 2. The van der Waals surface area contributed by atoms with Crippen LogP contribution in [0.2, 0.25) is 0 Å². The van der Waals surface area contributed by atoms with Gasteiger partial charge in [0.1, 0.15) is 17.9 Å². The highest BCUT2D eigenvalue weighted by molar-refractivity contribution is 6.26. The average Bonchev–Trinajstić information content (AvgIpc) is 2.38. The Bertz CT molecular complexity index is 258. The van der Waals surface area contributed by atoms with Gasteiger partial charge in [-0.05, 0) is 12.8 Å². The Morgan fingerprint density at radius 3 is 2.17 bits per heavy atom. The first kappa shape index (κ1) is 17.5. The van der Waals surface area contributed by atoms with Crippen molar-refractivity contribution in [1.29, 1.82) is 0 Å². The number of rotatable bonds is 9. The number of halogens is 2. The van der Waals surface area contributed by atoms with Crippen LogP contribution in [0.5, 0.6) is 0 Å². The minimum Gasteiger partial charge on any atom is -0.464 e. The Kier molecular flexibility index (Phi) is 10.2. The minimum atomic E-state index is -0.464. The lowest BCUT2D eigenvalue weighted by atomic mass is 9.96. The van der Waals surface area contributed by atoms with Crippen LogP contribution in [0.3, 0.4) is 0 Å². The van der Waals surface area contributed by atoms with E-state index in [2.05, 4.69) is 0 Å². The van der Waals surface area contributed by atoms with Crippen molar-refractivity contribution in [1.82, 2.24) is 0 Å². The zero-order valence-electron chi connectivity index (χ0n) is 10.8. The van der Waals surface area contributed by atoms with Crippen LogP contribution in [0.25, 0.3) is 0 Å². The smallest absolute Gasteiger partial charge is 0.321 e. The van der Waals surface area contributed by atoms with Crippen LogP contribution >= 0.6 is 23.2 Å². The molecule has 2 unspecified atom stereocenters. The summed E-state index contributed by atoms with van der Waals surface area (Å²) in [5.74, 6) is -1.27. The maximum absolute atomic E-state index is 11.2. The fourth-order valence-corrected chi connectivity index (χ4v) is 1.74. The Balaban J connectivity index is 4.40. The van der Waals surface area contributed by atoms with E-state index < -0.39 is 11.9 Å². The van der Waals surface area contributed by atoms with Crippen LogP contribution in [0, 0.1) is 5.92 Å². The van der Waals surface area contributed by atoms with E-state index in [4.69, 9.17) is 32.7 Å². The molecular formula is C12H20Cl2O4. The Hall–Kier alpha value is -0.480. The van der Waals surface area contributed by atoms with Crippen LogP contribution in [0.4, 0.5) is 0 Å².